The van der Waals surface area contributed by atoms with Crippen molar-refractivity contribution >= 4 is 52.4 Å². The average molecular weight is 382 g/mol. The van der Waals surface area contributed by atoms with Crippen molar-refractivity contribution in [3.05, 3.63) is 29.8 Å². The van der Waals surface area contributed by atoms with Crippen molar-refractivity contribution in [1.82, 2.24) is 5.32 Å². The molecule has 1 aromatic rings. The second-order valence-electron chi connectivity index (χ2n) is 4.83. The van der Waals surface area contributed by atoms with Crippen molar-refractivity contribution in [2.75, 3.05) is 35.6 Å². The molecule has 1 amide bonds. The van der Waals surface area contributed by atoms with Crippen LogP contribution in [0.1, 0.15) is 5.56 Å². The van der Waals surface area contributed by atoms with Crippen LogP contribution in [-0.2, 0) is 16.0 Å². The summed E-state index contributed by atoms with van der Waals surface area (Å²) in [5.74, 6) is -0.896. The van der Waals surface area contributed by atoms with Gasteiger partial charge in [0.05, 0.1) is 0 Å². The van der Waals surface area contributed by atoms with E-state index in [1.165, 1.54) is 0 Å². The predicted molar refractivity (Wildman–Crippen MR) is 94.1 cm³/mol. The molecule has 1 aromatic carbocycles. The highest BCUT2D eigenvalue weighted by Gasteiger charge is 2.20. The number of carbonyl (C=O) groups excluding carboxylic acids is 1. The van der Waals surface area contributed by atoms with E-state index in [1.54, 1.807) is 0 Å². The first-order chi connectivity index (χ1) is 11.0. The summed E-state index contributed by atoms with van der Waals surface area (Å²) >= 11 is 16.9. The lowest BCUT2D eigenvalue weighted by molar-refractivity contribution is -0.141. The van der Waals surface area contributed by atoms with Gasteiger partial charge in [0.2, 0.25) is 5.91 Å². The van der Waals surface area contributed by atoms with Gasteiger partial charge in [-0.2, -0.15) is 0 Å². The van der Waals surface area contributed by atoms with Gasteiger partial charge < -0.3 is 15.3 Å². The number of halogens is 3. The Hall–Kier alpha value is -1.17. The summed E-state index contributed by atoms with van der Waals surface area (Å²) in [6, 6.07) is 6.42. The van der Waals surface area contributed by atoms with Crippen LogP contribution in [0.25, 0.3) is 0 Å². The lowest BCUT2D eigenvalue weighted by Gasteiger charge is -2.23. The second kappa shape index (κ2) is 10.6. The van der Waals surface area contributed by atoms with E-state index in [4.69, 9.17) is 39.9 Å². The molecule has 1 atom stereocenters. The van der Waals surface area contributed by atoms with Crippen LogP contribution in [0.2, 0.25) is 0 Å². The molecule has 0 aliphatic carbocycles. The number of alkyl halides is 3. The van der Waals surface area contributed by atoms with Gasteiger partial charge in [0, 0.05) is 37.0 Å². The second-order valence-corrected chi connectivity index (χ2v) is 5.85. The van der Waals surface area contributed by atoms with Crippen LogP contribution in [-0.4, -0.2) is 53.8 Å². The fourth-order valence-electron chi connectivity index (χ4n) is 2.09. The third-order valence-corrected chi connectivity index (χ3v) is 3.79. The highest BCUT2D eigenvalue weighted by Crippen LogP contribution is 2.16. The molecule has 0 aromatic heterocycles. The summed E-state index contributed by atoms with van der Waals surface area (Å²) in [4.78, 5) is 24.5. The summed E-state index contributed by atoms with van der Waals surface area (Å²) in [5, 5.41) is 11.5. The number of nitrogens with zero attached hydrogens (tertiary/aromatic N) is 1. The Morgan fingerprint density at radius 3 is 2.09 bits per heavy atom. The number of rotatable bonds is 10. The molecule has 128 valence electrons. The molecule has 0 saturated heterocycles. The van der Waals surface area contributed by atoms with Crippen molar-refractivity contribution < 1.29 is 14.7 Å². The molecule has 0 aliphatic heterocycles. The van der Waals surface area contributed by atoms with E-state index in [9.17, 15) is 9.59 Å². The van der Waals surface area contributed by atoms with E-state index in [0.717, 1.165) is 11.3 Å². The predicted octanol–water partition coefficient (Wildman–Crippen LogP) is 2.32. The fraction of sp³-hybridized carbons (Fsp3) is 0.467. The lowest BCUT2D eigenvalue weighted by atomic mass is 10.1. The number of hydrogen-bond acceptors (Lipinski definition) is 3. The minimum absolute atomic E-state index is 0.184. The van der Waals surface area contributed by atoms with Gasteiger partial charge in [-0.15, -0.1) is 34.8 Å². The number of carboxylic acids is 1. The van der Waals surface area contributed by atoms with E-state index >= 15 is 0 Å². The summed E-state index contributed by atoms with van der Waals surface area (Å²) in [5.41, 5.74) is 1.76. The first kappa shape index (κ1) is 19.9. The molecule has 8 heteroatoms. The third-order valence-electron chi connectivity index (χ3n) is 3.20. The lowest BCUT2D eigenvalue weighted by Crippen LogP contribution is -2.42. The van der Waals surface area contributed by atoms with Crippen LogP contribution in [0.4, 0.5) is 5.69 Å². The fourth-order valence-corrected chi connectivity index (χ4v) is 2.57. The first-order valence-electron chi connectivity index (χ1n) is 7.05. The molecule has 0 heterocycles. The van der Waals surface area contributed by atoms with Gasteiger partial charge in [-0.25, -0.2) is 4.79 Å². The Morgan fingerprint density at radius 1 is 1.09 bits per heavy atom. The molecule has 0 spiro atoms. The van der Waals surface area contributed by atoms with Gasteiger partial charge in [-0.3, -0.25) is 4.79 Å². The van der Waals surface area contributed by atoms with Crippen LogP contribution in [0.15, 0.2) is 24.3 Å². The summed E-state index contributed by atoms with van der Waals surface area (Å²) in [6.45, 7) is 1.36. The SMILES string of the molecule is O=C(CCl)NC(Cc1ccc(N(CCCl)CCCl)cc1)C(=O)O. The summed E-state index contributed by atoms with van der Waals surface area (Å²) < 4.78 is 0. The van der Waals surface area contributed by atoms with Crippen LogP contribution < -0.4 is 10.2 Å². The number of aliphatic carboxylic acids is 1. The Morgan fingerprint density at radius 2 is 1.65 bits per heavy atom. The highest BCUT2D eigenvalue weighted by atomic mass is 35.5. The third kappa shape index (κ3) is 6.85. The van der Waals surface area contributed by atoms with Gasteiger partial charge in [-0.1, -0.05) is 12.1 Å². The number of anilines is 1. The van der Waals surface area contributed by atoms with E-state index in [0.29, 0.717) is 24.8 Å². The van der Waals surface area contributed by atoms with Crippen LogP contribution in [0.3, 0.4) is 0 Å². The quantitative estimate of drug-likeness (QED) is 0.610. The van der Waals surface area contributed by atoms with Crippen molar-refractivity contribution in [2.45, 2.75) is 12.5 Å². The number of carbonyl (C=O) groups is 2. The molecule has 0 bridgehead atoms. The Balaban J connectivity index is 2.77. The molecule has 1 rings (SSSR count). The van der Waals surface area contributed by atoms with Crippen molar-refractivity contribution in [3.8, 4) is 0 Å². The van der Waals surface area contributed by atoms with E-state index in [1.807, 2.05) is 29.2 Å². The summed E-state index contributed by atoms with van der Waals surface area (Å²) in [6.07, 6.45) is 0.184. The molecule has 1 unspecified atom stereocenters. The van der Waals surface area contributed by atoms with Crippen molar-refractivity contribution in [1.29, 1.82) is 0 Å². The molecule has 0 aliphatic rings. The number of carboxylic acid groups (broad SMARTS) is 1. The maximum atomic E-state index is 11.3. The van der Waals surface area contributed by atoms with Crippen molar-refractivity contribution in [2.24, 2.45) is 0 Å². The smallest absolute Gasteiger partial charge is 0.326 e. The summed E-state index contributed by atoms with van der Waals surface area (Å²) in [7, 11) is 0. The molecule has 0 saturated carbocycles. The zero-order valence-corrected chi connectivity index (χ0v) is 14.7. The maximum Gasteiger partial charge on any atom is 0.326 e. The van der Waals surface area contributed by atoms with Gasteiger partial charge in [0.25, 0.3) is 0 Å². The number of hydrogen-bond donors (Lipinski definition) is 2. The zero-order chi connectivity index (χ0) is 17.2. The van der Waals surface area contributed by atoms with Gasteiger partial charge >= 0.3 is 5.97 Å². The maximum absolute atomic E-state index is 11.3. The molecule has 0 radical (unpaired) electrons. The number of benzene rings is 1. The minimum atomic E-state index is -1.10. The molecule has 5 nitrogen and oxygen atoms in total. The minimum Gasteiger partial charge on any atom is -0.480 e. The molecular formula is C15H19Cl3N2O3. The zero-order valence-electron chi connectivity index (χ0n) is 12.5. The largest absolute Gasteiger partial charge is 0.480 e. The molecule has 2 N–H and O–H groups in total. The molecule has 23 heavy (non-hydrogen) atoms. The van der Waals surface area contributed by atoms with Crippen LogP contribution in [0.5, 0.6) is 0 Å². The Kier molecular flexibility index (Phi) is 9.14. The standard InChI is InChI=1S/C15H19Cl3N2O3/c16-5-7-20(8-6-17)12-3-1-11(2-4-12)9-13(15(22)23)19-14(21)10-18/h1-4,13H,5-10H2,(H,19,21)(H,22,23). The average Bonchev–Trinajstić information content (AvgIpc) is 2.54. The van der Waals surface area contributed by atoms with E-state index < -0.39 is 17.9 Å². The van der Waals surface area contributed by atoms with Crippen molar-refractivity contribution in [3.63, 3.8) is 0 Å². The Bertz CT molecular complexity index is 505. The highest BCUT2D eigenvalue weighted by molar-refractivity contribution is 6.27. The number of nitrogens with one attached hydrogen (secondary N) is 1. The van der Waals surface area contributed by atoms with Gasteiger partial charge in [-0.05, 0) is 17.7 Å². The Labute approximate surface area is 150 Å². The van der Waals surface area contributed by atoms with Gasteiger partial charge in [0.15, 0.2) is 0 Å². The topological polar surface area (TPSA) is 69.6 Å². The number of amides is 1. The molecular weight excluding hydrogens is 363 g/mol. The normalized spacial score (nSPS) is 11.8. The molecule has 0 fully saturated rings. The van der Waals surface area contributed by atoms with E-state index in [-0.39, 0.29) is 12.3 Å². The van der Waals surface area contributed by atoms with Gasteiger partial charge in [0.1, 0.15) is 11.9 Å². The van der Waals surface area contributed by atoms with Crippen LogP contribution >= 0.6 is 34.8 Å². The van der Waals surface area contributed by atoms with Crippen LogP contribution in [0, 0.1) is 0 Å². The first-order valence-corrected chi connectivity index (χ1v) is 8.66. The monoisotopic (exact) mass is 380 g/mol. The van der Waals surface area contributed by atoms with E-state index in [2.05, 4.69) is 5.32 Å².